The summed E-state index contributed by atoms with van der Waals surface area (Å²) in [6.45, 7) is -0.649. The maximum Gasteiger partial charge on any atom is 0.331 e. The number of carbonyl (C=O) groups excluding carboxylic acids is 3. The van der Waals surface area contributed by atoms with E-state index < -0.39 is 18.5 Å². The molecule has 30 heavy (non-hydrogen) atoms. The van der Waals surface area contributed by atoms with Gasteiger partial charge in [0.05, 0.1) is 20.8 Å². The number of nitrogens with zero attached hydrogens (tertiary/aromatic N) is 1. The Morgan fingerprint density at radius 1 is 1.00 bits per heavy atom. The zero-order chi connectivity index (χ0) is 21.9. The number of nitrogens with one attached hydrogen (secondary N) is 1. The molecule has 0 heterocycles. The first-order chi connectivity index (χ1) is 14.4. The first-order valence-corrected chi connectivity index (χ1v) is 9.08. The minimum Gasteiger partial charge on any atom is -0.497 e. The Kier molecular flexibility index (Phi) is 8.43. The van der Waals surface area contributed by atoms with Crippen LogP contribution in [0.1, 0.15) is 5.56 Å². The molecule has 1 N–H and O–H groups in total. The second kappa shape index (κ2) is 11.3. The third kappa shape index (κ3) is 7.31. The van der Waals surface area contributed by atoms with Crippen LogP contribution in [0.4, 0.5) is 5.69 Å². The highest BCUT2D eigenvalue weighted by Gasteiger charge is 2.14. The van der Waals surface area contributed by atoms with Gasteiger partial charge in [-0.25, -0.2) is 4.79 Å². The van der Waals surface area contributed by atoms with Crippen LogP contribution in [-0.4, -0.2) is 57.1 Å². The fourth-order valence-corrected chi connectivity index (χ4v) is 2.38. The molecule has 0 spiro atoms. The molecule has 0 saturated carbocycles. The van der Waals surface area contributed by atoms with Crippen molar-refractivity contribution >= 4 is 29.5 Å². The summed E-state index contributed by atoms with van der Waals surface area (Å²) in [6, 6.07) is 14.0. The van der Waals surface area contributed by atoms with Gasteiger partial charge in [-0.05, 0) is 35.9 Å². The highest BCUT2D eigenvalue weighted by molar-refractivity contribution is 5.95. The minimum atomic E-state index is -0.659. The van der Waals surface area contributed by atoms with Crippen LogP contribution in [0.3, 0.4) is 0 Å². The van der Waals surface area contributed by atoms with Gasteiger partial charge in [-0.3, -0.25) is 9.59 Å². The summed E-state index contributed by atoms with van der Waals surface area (Å²) < 4.78 is 15.1. The molecule has 8 heteroatoms. The molecule has 2 aromatic rings. The Labute approximate surface area is 175 Å². The Morgan fingerprint density at radius 3 is 2.37 bits per heavy atom. The summed E-state index contributed by atoms with van der Waals surface area (Å²) in [5.41, 5.74) is 1.33. The molecule has 0 aliphatic carbocycles. The molecule has 0 fully saturated rings. The lowest BCUT2D eigenvalue weighted by molar-refractivity contribution is -0.148. The largest absolute Gasteiger partial charge is 0.497 e. The van der Waals surface area contributed by atoms with Gasteiger partial charge in [0.25, 0.3) is 5.91 Å². The van der Waals surface area contributed by atoms with Crippen LogP contribution in [0.5, 0.6) is 11.5 Å². The number of methoxy groups -OCH3 is 2. The van der Waals surface area contributed by atoms with E-state index in [1.54, 1.807) is 61.7 Å². The molecule has 0 aliphatic heterocycles. The van der Waals surface area contributed by atoms with Gasteiger partial charge in [0.2, 0.25) is 5.91 Å². The van der Waals surface area contributed by atoms with Crippen LogP contribution in [-0.2, 0) is 19.1 Å². The van der Waals surface area contributed by atoms with Crippen LogP contribution < -0.4 is 14.8 Å². The third-order valence-electron chi connectivity index (χ3n) is 4.03. The Balaban J connectivity index is 1.76. The molecule has 2 rings (SSSR count). The summed E-state index contributed by atoms with van der Waals surface area (Å²) in [5, 5.41) is 2.67. The van der Waals surface area contributed by atoms with E-state index in [2.05, 4.69) is 5.32 Å². The Morgan fingerprint density at radius 2 is 1.70 bits per heavy atom. The van der Waals surface area contributed by atoms with E-state index in [1.807, 2.05) is 0 Å². The average Bonchev–Trinajstić information content (AvgIpc) is 2.76. The number of anilines is 1. The first-order valence-electron chi connectivity index (χ1n) is 9.08. The van der Waals surface area contributed by atoms with Crippen molar-refractivity contribution in [3.8, 4) is 11.5 Å². The fourth-order valence-electron chi connectivity index (χ4n) is 2.38. The van der Waals surface area contributed by atoms with Gasteiger partial charge in [0.15, 0.2) is 6.61 Å². The number of hydrogen-bond acceptors (Lipinski definition) is 6. The number of likely N-dealkylation sites (N-methyl/N-ethyl adjacent to an activating group) is 1. The van der Waals surface area contributed by atoms with Gasteiger partial charge in [-0.15, -0.1) is 0 Å². The van der Waals surface area contributed by atoms with E-state index in [-0.39, 0.29) is 12.5 Å². The van der Waals surface area contributed by atoms with Crippen LogP contribution in [0.15, 0.2) is 54.6 Å². The minimum absolute atomic E-state index is 0.185. The van der Waals surface area contributed by atoms with Crippen molar-refractivity contribution in [2.45, 2.75) is 0 Å². The molecule has 0 aliphatic rings. The molecule has 8 nitrogen and oxygen atoms in total. The number of hydrogen-bond donors (Lipinski definition) is 1. The predicted octanol–water partition coefficient (Wildman–Crippen LogP) is 2.36. The summed E-state index contributed by atoms with van der Waals surface area (Å²) in [4.78, 5) is 37.2. The van der Waals surface area contributed by atoms with Crippen LogP contribution >= 0.6 is 0 Å². The lowest BCUT2D eigenvalue weighted by atomic mass is 10.2. The van der Waals surface area contributed by atoms with E-state index in [9.17, 15) is 14.4 Å². The summed E-state index contributed by atoms with van der Waals surface area (Å²) in [5.74, 6) is -0.231. The smallest absolute Gasteiger partial charge is 0.331 e. The highest BCUT2D eigenvalue weighted by atomic mass is 16.5. The molecule has 0 unspecified atom stereocenters. The van der Waals surface area contributed by atoms with Crippen molar-refractivity contribution in [1.29, 1.82) is 0 Å². The molecule has 158 valence electrons. The molecule has 2 aromatic carbocycles. The van der Waals surface area contributed by atoms with E-state index in [0.717, 1.165) is 5.56 Å². The van der Waals surface area contributed by atoms with Gasteiger partial charge < -0.3 is 24.4 Å². The lowest BCUT2D eigenvalue weighted by Gasteiger charge is -2.16. The SMILES string of the molecule is COc1ccc(/C=C/C(=O)OCC(=O)N(C)CC(=O)Nc2cccc(OC)c2)cc1. The predicted molar refractivity (Wildman–Crippen MR) is 112 cm³/mol. The summed E-state index contributed by atoms with van der Waals surface area (Å²) >= 11 is 0. The lowest BCUT2D eigenvalue weighted by Crippen LogP contribution is -2.37. The van der Waals surface area contributed by atoms with Crippen LogP contribution in [0.2, 0.25) is 0 Å². The Hall–Kier alpha value is -3.81. The summed E-state index contributed by atoms with van der Waals surface area (Å²) in [6.07, 6.45) is 2.79. The van der Waals surface area contributed by atoms with Crippen LogP contribution in [0.25, 0.3) is 6.08 Å². The average molecular weight is 412 g/mol. The zero-order valence-electron chi connectivity index (χ0n) is 17.1. The molecule has 0 aromatic heterocycles. The number of carbonyl (C=O) groups is 3. The second-order valence-corrected chi connectivity index (χ2v) is 6.24. The Bertz CT molecular complexity index is 908. The van der Waals surface area contributed by atoms with Crippen molar-refractivity contribution in [3.63, 3.8) is 0 Å². The third-order valence-corrected chi connectivity index (χ3v) is 4.03. The zero-order valence-corrected chi connectivity index (χ0v) is 17.1. The van der Waals surface area contributed by atoms with Crippen molar-refractivity contribution in [2.24, 2.45) is 0 Å². The molecule has 2 amide bonds. The van der Waals surface area contributed by atoms with Crippen molar-refractivity contribution in [1.82, 2.24) is 4.90 Å². The summed E-state index contributed by atoms with van der Waals surface area (Å²) in [7, 11) is 4.55. The maximum absolute atomic E-state index is 12.1. The van der Waals surface area contributed by atoms with E-state index in [0.29, 0.717) is 17.2 Å². The number of ether oxygens (including phenoxy) is 3. The maximum atomic E-state index is 12.1. The van der Waals surface area contributed by atoms with E-state index in [1.165, 1.54) is 25.1 Å². The molecule has 0 bridgehead atoms. The molecular weight excluding hydrogens is 388 g/mol. The molecule has 0 radical (unpaired) electrons. The number of benzene rings is 2. The van der Waals surface area contributed by atoms with Crippen molar-refractivity contribution in [3.05, 3.63) is 60.2 Å². The number of rotatable bonds is 9. The highest BCUT2D eigenvalue weighted by Crippen LogP contribution is 2.16. The van der Waals surface area contributed by atoms with Gasteiger partial charge >= 0.3 is 5.97 Å². The normalized spacial score (nSPS) is 10.4. The monoisotopic (exact) mass is 412 g/mol. The van der Waals surface area contributed by atoms with Gasteiger partial charge in [0.1, 0.15) is 11.5 Å². The van der Waals surface area contributed by atoms with E-state index in [4.69, 9.17) is 14.2 Å². The standard InChI is InChI=1S/C22H24N2O6/c1-24(14-20(25)23-17-5-4-6-19(13-17)29-3)21(26)15-30-22(27)12-9-16-7-10-18(28-2)11-8-16/h4-13H,14-15H2,1-3H3,(H,23,25)/b12-9+. The van der Waals surface area contributed by atoms with Gasteiger partial charge in [-0.2, -0.15) is 0 Å². The first kappa shape index (κ1) is 22.5. The molecule has 0 atom stereocenters. The fraction of sp³-hybridized carbons (Fsp3) is 0.227. The van der Waals surface area contributed by atoms with E-state index >= 15 is 0 Å². The van der Waals surface area contributed by atoms with Gasteiger partial charge in [0, 0.05) is 24.9 Å². The number of amides is 2. The van der Waals surface area contributed by atoms with Gasteiger partial charge in [-0.1, -0.05) is 18.2 Å². The molecule has 0 saturated heterocycles. The molecular formula is C22H24N2O6. The second-order valence-electron chi connectivity index (χ2n) is 6.24. The number of esters is 1. The topological polar surface area (TPSA) is 94.2 Å². The van der Waals surface area contributed by atoms with Crippen molar-refractivity contribution < 1.29 is 28.6 Å². The van der Waals surface area contributed by atoms with Crippen molar-refractivity contribution in [2.75, 3.05) is 39.7 Å². The quantitative estimate of drug-likeness (QED) is 0.502. The van der Waals surface area contributed by atoms with Crippen LogP contribution in [0, 0.1) is 0 Å².